The average molecular weight is 634 g/mol. The maximum Gasteiger partial charge on any atom is 0.289 e. The number of hydrogen-bond acceptors (Lipinski definition) is 10. The number of unbranched alkanes of at least 4 members (excludes halogenated alkanes) is 3. The second-order valence-corrected chi connectivity index (χ2v) is 11.5. The molecule has 0 spiro atoms. The minimum absolute atomic E-state index is 0.0100. The molecule has 0 amide bonds. The third-order valence-corrected chi connectivity index (χ3v) is 8.05. The lowest BCUT2D eigenvalue weighted by atomic mass is 10.0. The molecule has 0 saturated heterocycles. The van der Waals surface area contributed by atoms with Gasteiger partial charge in [-0.1, -0.05) is 40.0 Å². The van der Waals surface area contributed by atoms with E-state index in [1.54, 1.807) is 51.1 Å². The Morgan fingerprint density at radius 3 is 1.35 bits per heavy atom. The molecule has 0 aliphatic carbocycles. The fourth-order valence-corrected chi connectivity index (χ4v) is 5.03. The van der Waals surface area contributed by atoms with Crippen LogP contribution in [-0.2, 0) is 5.85 Å². The molecular weight excluding hydrogens is 586 g/mol. The van der Waals surface area contributed by atoms with Crippen LogP contribution in [-0.4, -0.2) is 51.9 Å². The van der Waals surface area contributed by atoms with E-state index in [0.717, 1.165) is 38.5 Å². The number of phenolic OH excluding ortho intramolecular Hbond substituents is 3. The van der Waals surface area contributed by atoms with Crippen molar-refractivity contribution in [2.75, 3.05) is 19.8 Å². The largest absolute Gasteiger partial charge is 0.507 e. The van der Waals surface area contributed by atoms with Crippen LogP contribution in [0.3, 0.4) is 0 Å². The van der Waals surface area contributed by atoms with E-state index in [1.807, 2.05) is 0 Å². The van der Waals surface area contributed by atoms with Gasteiger partial charge in [0, 0.05) is 16.7 Å². The number of nitrogens with one attached hydrogen (secondary N) is 1. The zero-order chi connectivity index (χ0) is 33.4. The van der Waals surface area contributed by atoms with Crippen LogP contribution in [0.2, 0.25) is 0 Å². The number of aliphatic hydroxyl groups is 1. The number of ether oxygens (including phenoxy) is 3. The van der Waals surface area contributed by atoms with Crippen molar-refractivity contribution in [1.29, 1.82) is 0 Å². The van der Waals surface area contributed by atoms with Crippen LogP contribution >= 0.6 is 0 Å². The molecule has 3 aromatic rings. The summed E-state index contributed by atoms with van der Waals surface area (Å²) in [5, 5.41) is 49.1. The van der Waals surface area contributed by atoms with Crippen molar-refractivity contribution in [3.8, 4) is 34.5 Å². The highest BCUT2D eigenvalue weighted by atomic mass is 16.5. The molecule has 0 atom stereocenters. The average Bonchev–Trinajstić information content (AvgIpc) is 3.03. The number of aromatic hydroxyl groups is 3. The number of aliphatic imine (C=N–C) groups is 2. The highest BCUT2D eigenvalue weighted by Gasteiger charge is 2.38. The van der Waals surface area contributed by atoms with Gasteiger partial charge in [-0.3, -0.25) is 0 Å². The van der Waals surface area contributed by atoms with Crippen LogP contribution in [0.25, 0.3) is 0 Å². The van der Waals surface area contributed by atoms with Crippen LogP contribution in [0.4, 0.5) is 0 Å². The van der Waals surface area contributed by atoms with E-state index in [4.69, 9.17) is 14.2 Å². The second kappa shape index (κ2) is 15.2. The maximum atomic E-state index is 12.1. The van der Waals surface area contributed by atoms with Crippen molar-refractivity contribution < 1.29 is 34.6 Å². The molecule has 3 aromatic carbocycles. The Morgan fingerprint density at radius 2 is 0.957 bits per heavy atom. The minimum Gasteiger partial charge on any atom is -0.507 e. The van der Waals surface area contributed by atoms with Crippen molar-refractivity contribution in [1.82, 2.24) is 5.32 Å². The lowest BCUT2D eigenvalue weighted by Crippen LogP contribution is -2.42. The van der Waals surface area contributed by atoms with Crippen LogP contribution in [0.1, 0.15) is 92.7 Å². The zero-order valence-corrected chi connectivity index (χ0v) is 27.7. The van der Waals surface area contributed by atoms with Crippen LogP contribution in [0, 0.1) is 20.8 Å². The minimum atomic E-state index is -2.33. The lowest BCUT2D eigenvalue weighted by molar-refractivity contribution is 0.0519. The fourth-order valence-electron chi connectivity index (χ4n) is 5.03. The van der Waals surface area contributed by atoms with E-state index in [2.05, 4.69) is 36.1 Å². The van der Waals surface area contributed by atoms with Crippen molar-refractivity contribution >= 4 is 11.7 Å². The van der Waals surface area contributed by atoms with Crippen molar-refractivity contribution in [2.24, 2.45) is 9.98 Å². The molecule has 10 nitrogen and oxygen atoms in total. The van der Waals surface area contributed by atoms with Crippen LogP contribution in [0.15, 0.2) is 46.4 Å². The van der Waals surface area contributed by atoms with Gasteiger partial charge in [-0.15, -0.1) is 0 Å². The number of hydrogen-bond donors (Lipinski definition) is 5. The summed E-state index contributed by atoms with van der Waals surface area (Å²) in [5.41, 5.74) is 2.00. The first-order valence-electron chi connectivity index (χ1n) is 16.1. The van der Waals surface area contributed by atoms with Crippen LogP contribution in [0.5, 0.6) is 34.5 Å². The molecular formula is C36H47N3O7. The molecule has 5 N–H and O–H groups in total. The lowest BCUT2D eigenvalue weighted by Gasteiger charge is -2.30. The summed E-state index contributed by atoms with van der Waals surface area (Å²) in [6.45, 7) is 12.9. The van der Waals surface area contributed by atoms with Gasteiger partial charge in [0.25, 0.3) is 5.85 Å². The topological polar surface area (TPSA) is 145 Å². The number of benzene rings is 3. The molecule has 1 aliphatic rings. The van der Waals surface area contributed by atoms with E-state index < -0.39 is 5.85 Å². The second-order valence-electron chi connectivity index (χ2n) is 11.5. The smallest absolute Gasteiger partial charge is 0.289 e. The summed E-state index contributed by atoms with van der Waals surface area (Å²) < 4.78 is 17.6. The molecule has 0 saturated carbocycles. The summed E-state index contributed by atoms with van der Waals surface area (Å²) in [6, 6.07) is 9.95. The summed E-state index contributed by atoms with van der Waals surface area (Å²) in [5.74, 6) is -1.04. The van der Waals surface area contributed by atoms with Gasteiger partial charge in [-0.25, -0.2) is 9.98 Å². The molecule has 1 heterocycles. The van der Waals surface area contributed by atoms with Crippen LogP contribution < -0.4 is 19.5 Å². The Morgan fingerprint density at radius 1 is 0.587 bits per heavy atom. The van der Waals surface area contributed by atoms with E-state index in [1.165, 1.54) is 6.07 Å². The first-order valence-corrected chi connectivity index (χ1v) is 16.1. The number of rotatable bonds is 15. The van der Waals surface area contributed by atoms with Gasteiger partial charge < -0.3 is 40.0 Å². The molecule has 248 valence electrons. The summed E-state index contributed by atoms with van der Waals surface area (Å²) >= 11 is 0. The first-order chi connectivity index (χ1) is 22.1. The van der Waals surface area contributed by atoms with Crippen molar-refractivity contribution in [2.45, 2.75) is 85.9 Å². The summed E-state index contributed by atoms with van der Waals surface area (Å²) in [4.78, 5) is 9.06. The van der Waals surface area contributed by atoms with Crippen molar-refractivity contribution in [3.63, 3.8) is 0 Å². The van der Waals surface area contributed by atoms with Gasteiger partial charge in [0.15, 0.2) is 0 Å². The zero-order valence-electron chi connectivity index (χ0n) is 27.7. The number of nitrogens with zero attached hydrogens (tertiary/aromatic N) is 2. The SMILES string of the molecule is CCCCOc1ccc(C2=NC(O)(c3ccc(OCCCC)c(C)c3O)N=C(c3ccc(OCCCC)c(C)c3O)N2)c(O)c1C. The summed E-state index contributed by atoms with van der Waals surface area (Å²) in [6.07, 6.45) is 5.51. The Bertz CT molecular complexity index is 1520. The van der Waals surface area contributed by atoms with Gasteiger partial charge in [0.1, 0.15) is 46.2 Å². The van der Waals surface area contributed by atoms with Gasteiger partial charge in [-0.05, 0) is 76.4 Å². The Labute approximate surface area is 271 Å². The van der Waals surface area contributed by atoms with E-state index in [-0.39, 0.29) is 45.6 Å². The Balaban J connectivity index is 1.83. The highest BCUT2D eigenvalue weighted by Crippen LogP contribution is 2.41. The monoisotopic (exact) mass is 633 g/mol. The molecule has 4 rings (SSSR count). The molecule has 0 radical (unpaired) electrons. The molecule has 0 bridgehead atoms. The molecule has 0 unspecified atom stereocenters. The number of phenols is 3. The third kappa shape index (κ3) is 7.33. The molecule has 0 aromatic heterocycles. The van der Waals surface area contributed by atoms with Gasteiger partial charge in [0.2, 0.25) is 0 Å². The highest BCUT2D eigenvalue weighted by molar-refractivity contribution is 6.18. The predicted octanol–water partition coefficient (Wildman–Crippen LogP) is 6.86. The molecule has 46 heavy (non-hydrogen) atoms. The maximum absolute atomic E-state index is 12.1. The Kier molecular flexibility index (Phi) is 11.4. The standard InChI is InChI=1S/C36H47N3O7/c1-7-10-19-44-28-16-13-25(31(40)22(28)4)34-37-35(26-14-17-29(23(5)32(26)41)45-20-11-8-2)39-36(43,38-34)27-15-18-30(24(6)33(27)42)46-21-12-9-3/h13-18,40-43H,7-12,19-21H2,1-6H3,(H,37,38,39). The predicted molar refractivity (Wildman–Crippen MR) is 180 cm³/mol. The Hall–Kier alpha value is -4.44. The molecule has 10 heteroatoms. The van der Waals surface area contributed by atoms with E-state index in [9.17, 15) is 20.4 Å². The van der Waals surface area contributed by atoms with E-state index in [0.29, 0.717) is 53.8 Å². The third-order valence-electron chi connectivity index (χ3n) is 8.05. The summed E-state index contributed by atoms with van der Waals surface area (Å²) in [7, 11) is 0. The quantitative estimate of drug-likeness (QED) is 0.114. The van der Waals surface area contributed by atoms with Gasteiger partial charge in [0.05, 0.1) is 36.5 Å². The van der Waals surface area contributed by atoms with E-state index >= 15 is 0 Å². The number of amidine groups is 2. The van der Waals surface area contributed by atoms with Gasteiger partial charge >= 0.3 is 0 Å². The molecule has 0 fully saturated rings. The fraction of sp³-hybridized carbons (Fsp3) is 0.444. The molecule has 1 aliphatic heterocycles. The van der Waals surface area contributed by atoms with Gasteiger partial charge in [-0.2, -0.15) is 0 Å². The first kappa shape index (κ1) is 34.4. The van der Waals surface area contributed by atoms with Crippen molar-refractivity contribution in [3.05, 3.63) is 69.8 Å². The normalized spacial score (nSPS) is 13.9.